The standard InChI is InChI=1S/C23H34O6/c1-13(24)29-12-19(27)23(28)9-7-17-16-5-4-14-10-15(25)6-8-21(14,2)20(16)18(26)11-22(17,23)3/h10,16-20,26-28H,4-9,11-12H2,1-3H3/t16-,17-,18-,19-,20?,21-,22-,23-/m0/s1. The van der Waals surface area contributed by atoms with Crippen molar-refractivity contribution in [2.24, 2.45) is 28.6 Å². The first-order valence-electron chi connectivity index (χ1n) is 11.0. The van der Waals surface area contributed by atoms with Crippen molar-refractivity contribution in [1.29, 1.82) is 0 Å². The van der Waals surface area contributed by atoms with Gasteiger partial charge in [-0.2, -0.15) is 0 Å². The third-order valence-corrected chi connectivity index (χ3v) is 9.11. The molecule has 0 aromatic heterocycles. The number of hydrogen-bond donors (Lipinski definition) is 3. The van der Waals surface area contributed by atoms with Gasteiger partial charge in [-0.3, -0.25) is 9.59 Å². The molecule has 0 aromatic carbocycles. The van der Waals surface area contributed by atoms with Crippen LogP contribution in [-0.2, 0) is 14.3 Å². The third-order valence-electron chi connectivity index (χ3n) is 9.11. The molecule has 0 heterocycles. The van der Waals surface area contributed by atoms with Crippen LogP contribution in [-0.4, -0.2) is 51.5 Å². The van der Waals surface area contributed by atoms with Gasteiger partial charge in [-0.25, -0.2) is 0 Å². The van der Waals surface area contributed by atoms with Crippen LogP contribution in [0.15, 0.2) is 11.6 Å². The minimum absolute atomic E-state index is 0.0710. The predicted molar refractivity (Wildman–Crippen MR) is 106 cm³/mol. The number of allylic oxidation sites excluding steroid dienone is 1. The highest BCUT2D eigenvalue weighted by atomic mass is 16.5. The molecule has 0 spiro atoms. The minimum Gasteiger partial charge on any atom is -0.463 e. The summed E-state index contributed by atoms with van der Waals surface area (Å²) in [5, 5.41) is 33.6. The second-order valence-electron chi connectivity index (χ2n) is 10.4. The summed E-state index contributed by atoms with van der Waals surface area (Å²) in [6.45, 7) is 5.24. The van der Waals surface area contributed by atoms with E-state index in [2.05, 4.69) is 6.92 Å². The molecule has 3 N–H and O–H groups in total. The Bertz CT molecular complexity index is 746. The highest BCUT2D eigenvalue weighted by Gasteiger charge is 2.68. The van der Waals surface area contributed by atoms with E-state index in [0.29, 0.717) is 19.3 Å². The highest BCUT2D eigenvalue weighted by Crippen LogP contribution is 2.68. The van der Waals surface area contributed by atoms with Crippen molar-refractivity contribution in [3.63, 3.8) is 0 Å². The number of ketones is 1. The van der Waals surface area contributed by atoms with E-state index in [-0.39, 0.29) is 35.6 Å². The van der Waals surface area contributed by atoms with Crippen molar-refractivity contribution in [2.75, 3.05) is 6.61 Å². The topological polar surface area (TPSA) is 104 Å². The van der Waals surface area contributed by atoms with Crippen molar-refractivity contribution >= 4 is 11.8 Å². The van der Waals surface area contributed by atoms with E-state index in [1.54, 1.807) is 0 Å². The molecule has 4 aliphatic carbocycles. The average molecular weight is 407 g/mol. The molecule has 0 amide bonds. The van der Waals surface area contributed by atoms with Gasteiger partial charge in [0.05, 0.1) is 11.7 Å². The SMILES string of the molecule is CC(=O)OC[C@H](O)[C@@]1(O)CC[C@H]2[C@@H]3CCC4=CC(=O)CC[C@]4(C)C3[C@@H](O)C[C@@]21C. The summed E-state index contributed by atoms with van der Waals surface area (Å²) in [7, 11) is 0. The highest BCUT2D eigenvalue weighted by molar-refractivity contribution is 5.91. The number of aliphatic hydroxyl groups excluding tert-OH is 2. The first-order valence-corrected chi connectivity index (χ1v) is 11.0. The van der Waals surface area contributed by atoms with Crippen LogP contribution < -0.4 is 0 Å². The van der Waals surface area contributed by atoms with Crippen molar-refractivity contribution in [3.05, 3.63) is 11.6 Å². The molecule has 4 aliphatic rings. The molecule has 0 aromatic rings. The fourth-order valence-electron chi connectivity index (χ4n) is 7.61. The number of carbonyl (C=O) groups is 2. The predicted octanol–water partition coefficient (Wildman–Crippen LogP) is 2.14. The Balaban J connectivity index is 1.65. The molecule has 8 atom stereocenters. The molecule has 0 saturated heterocycles. The third kappa shape index (κ3) is 2.94. The van der Waals surface area contributed by atoms with Gasteiger partial charge in [-0.05, 0) is 67.8 Å². The molecule has 0 aliphatic heterocycles. The Kier molecular flexibility index (Phi) is 4.99. The van der Waals surface area contributed by atoms with E-state index in [9.17, 15) is 24.9 Å². The van der Waals surface area contributed by atoms with E-state index >= 15 is 0 Å². The van der Waals surface area contributed by atoms with E-state index in [4.69, 9.17) is 4.74 Å². The van der Waals surface area contributed by atoms with Crippen LogP contribution in [0, 0.1) is 28.6 Å². The molecular weight excluding hydrogens is 372 g/mol. The lowest BCUT2D eigenvalue weighted by Crippen LogP contribution is -2.63. The molecule has 29 heavy (non-hydrogen) atoms. The fourth-order valence-corrected chi connectivity index (χ4v) is 7.61. The van der Waals surface area contributed by atoms with Crippen LogP contribution in [0.4, 0.5) is 0 Å². The zero-order valence-electron chi connectivity index (χ0n) is 17.7. The molecule has 162 valence electrons. The molecule has 3 fully saturated rings. The Hall–Kier alpha value is -1.24. The largest absolute Gasteiger partial charge is 0.463 e. The lowest BCUT2D eigenvalue weighted by Gasteiger charge is -2.61. The number of carbonyl (C=O) groups excluding carboxylic acids is 2. The van der Waals surface area contributed by atoms with E-state index < -0.39 is 29.2 Å². The van der Waals surface area contributed by atoms with Crippen molar-refractivity contribution < 1.29 is 29.6 Å². The van der Waals surface area contributed by atoms with Crippen LogP contribution in [0.3, 0.4) is 0 Å². The molecule has 3 saturated carbocycles. The van der Waals surface area contributed by atoms with Crippen LogP contribution >= 0.6 is 0 Å². The lowest BCUT2D eigenvalue weighted by atomic mass is 9.45. The maximum absolute atomic E-state index is 12.0. The van der Waals surface area contributed by atoms with Gasteiger partial charge in [0.1, 0.15) is 12.7 Å². The number of hydrogen-bond acceptors (Lipinski definition) is 6. The lowest BCUT2D eigenvalue weighted by molar-refractivity contribution is -0.210. The van der Waals surface area contributed by atoms with Crippen molar-refractivity contribution in [3.8, 4) is 0 Å². The first-order chi connectivity index (χ1) is 13.5. The van der Waals surface area contributed by atoms with Gasteiger partial charge in [0.2, 0.25) is 0 Å². The molecule has 4 rings (SSSR count). The quantitative estimate of drug-likeness (QED) is 0.621. The summed E-state index contributed by atoms with van der Waals surface area (Å²) in [4.78, 5) is 23.1. The number of rotatable bonds is 3. The maximum atomic E-state index is 12.0. The molecule has 1 unspecified atom stereocenters. The fraction of sp³-hybridized carbons (Fsp3) is 0.826. The second kappa shape index (κ2) is 6.89. The minimum atomic E-state index is -1.39. The van der Waals surface area contributed by atoms with Gasteiger partial charge in [0.15, 0.2) is 5.78 Å². The van der Waals surface area contributed by atoms with Gasteiger partial charge < -0.3 is 20.1 Å². The Morgan fingerprint density at radius 3 is 2.69 bits per heavy atom. The Labute approximate surface area is 172 Å². The summed E-state index contributed by atoms with van der Waals surface area (Å²) in [5.41, 5.74) is -1.02. The van der Waals surface area contributed by atoms with Crippen LogP contribution in [0.1, 0.15) is 65.7 Å². The molecule has 6 heteroatoms. The normalized spacial score (nSPS) is 47.5. The van der Waals surface area contributed by atoms with Crippen molar-refractivity contribution in [1.82, 2.24) is 0 Å². The van der Waals surface area contributed by atoms with Gasteiger partial charge in [0.25, 0.3) is 0 Å². The summed E-state index contributed by atoms with van der Waals surface area (Å²) >= 11 is 0. The first kappa shape index (κ1) is 21.0. The maximum Gasteiger partial charge on any atom is 0.302 e. The Morgan fingerprint density at radius 2 is 2.00 bits per heavy atom. The zero-order chi connectivity index (χ0) is 21.2. The number of esters is 1. The average Bonchev–Trinajstić information content (AvgIpc) is 2.91. The summed E-state index contributed by atoms with van der Waals surface area (Å²) in [6.07, 6.45) is 4.72. The molecule has 0 radical (unpaired) electrons. The monoisotopic (exact) mass is 406 g/mol. The van der Waals surface area contributed by atoms with Crippen LogP contribution in [0.5, 0.6) is 0 Å². The summed E-state index contributed by atoms with van der Waals surface area (Å²) < 4.78 is 4.99. The number of fused-ring (bicyclic) bond motifs is 5. The van der Waals surface area contributed by atoms with Gasteiger partial charge >= 0.3 is 5.97 Å². The molecule has 6 nitrogen and oxygen atoms in total. The van der Waals surface area contributed by atoms with Crippen molar-refractivity contribution in [2.45, 2.75) is 83.5 Å². The molecule has 0 bridgehead atoms. The van der Waals surface area contributed by atoms with Crippen LogP contribution in [0.25, 0.3) is 0 Å². The number of ether oxygens (including phenoxy) is 1. The molecular formula is C23H34O6. The smallest absolute Gasteiger partial charge is 0.302 e. The zero-order valence-corrected chi connectivity index (χ0v) is 17.7. The van der Waals surface area contributed by atoms with Gasteiger partial charge in [-0.15, -0.1) is 0 Å². The van der Waals surface area contributed by atoms with Gasteiger partial charge in [-0.1, -0.05) is 19.4 Å². The van der Waals surface area contributed by atoms with Crippen LogP contribution in [0.2, 0.25) is 0 Å². The second-order valence-corrected chi connectivity index (χ2v) is 10.4. The van der Waals surface area contributed by atoms with E-state index in [1.165, 1.54) is 12.5 Å². The summed E-state index contributed by atoms with van der Waals surface area (Å²) in [5.74, 6) is 0.205. The number of aliphatic hydroxyl groups is 3. The van der Waals surface area contributed by atoms with E-state index in [1.807, 2.05) is 13.0 Å². The Morgan fingerprint density at radius 1 is 1.28 bits per heavy atom. The van der Waals surface area contributed by atoms with Gasteiger partial charge in [0, 0.05) is 18.8 Å². The van der Waals surface area contributed by atoms with E-state index in [0.717, 1.165) is 25.7 Å². The summed E-state index contributed by atoms with van der Waals surface area (Å²) in [6, 6.07) is 0.